The minimum Gasteiger partial charge on any atom is -0.324 e. The molecule has 0 amide bonds. The van der Waals surface area contributed by atoms with Gasteiger partial charge in [-0.05, 0) is 47.1 Å². The zero-order chi connectivity index (χ0) is 12.3. The van der Waals surface area contributed by atoms with E-state index < -0.39 is 0 Å². The lowest BCUT2D eigenvalue weighted by Gasteiger charge is -2.04. The maximum Gasteiger partial charge on any atom is 0.227 e. The molecule has 0 saturated carbocycles. The zero-order valence-corrected chi connectivity index (χ0v) is 10.7. The second kappa shape index (κ2) is 5.05. The Morgan fingerprint density at radius 3 is 2.29 bits per heavy atom. The second-order valence-electron chi connectivity index (χ2n) is 3.48. The Morgan fingerprint density at radius 2 is 1.76 bits per heavy atom. The smallest absolute Gasteiger partial charge is 0.227 e. The number of carbonyl (C=O) groups excluding carboxylic acids is 1. The molecule has 1 aromatic heterocycles. The van der Waals surface area contributed by atoms with E-state index in [1.807, 2.05) is 12.1 Å². The molecule has 17 heavy (non-hydrogen) atoms. The van der Waals surface area contributed by atoms with Gasteiger partial charge in [0.25, 0.3) is 0 Å². The van der Waals surface area contributed by atoms with Gasteiger partial charge in [-0.3, -0.25) is 4.79 Å². The van der Waals surface area contributed by atoms with E-state index in [1.54, 1.807) is 31.5 Å². The summed E-state index contributed by atoms with van der Waals surface area (Å²) in [6.45, 7) is 1.54. The first-order valence-electron chi connectivity index (χ1n) is 5.01. The lowest BCUT2D eigenvalue weighted by molar-refractivity contribution is 0.101. The van der Waals surface area contributed by atoms with Gasteiger partial charge in [-0.2, -0.15) is 0 Å². The Kier molecular flexibility index (Phi) is 3.49. The molecule has 0 spiro atoms. The van der Waals surface area contributed by atoms with Crippen LogP contribution in [-0.4, -0.2) is 15.8 Å². The van der Waals surface area contributed by atoms with Crippen molar-refractivity contribution < 1.29 is 4.79 Å². The zero-order valence-electron chi connectivity index (χ0n) is 9.14. The van der Waals surface area contributed by atoms with Crippen molar-refractivity contribution in [3.05, 3.63) is 46.7 Å². The number of Topliss-reactive ketones (excluding diaryl/α,β-unsaturated/α-hetero) is 1. The number of carbonyl (C=O) groups is 1. The predicted molar refractivity (Wildman–Crippen MR) is 69.5 cm³/mol. The van der Waals surface area contributed by atoms with Gasteiger partial charge >= 0.3 is 0 Å². The van der Waals surface area contributed by atoms with Crippen LogP contribution in [0.25, 0.3) is 0 Å². The van der Waals surface area contributed by atoms with Gasteiger partial charge in [0.15, 0.2) is 5.78 Å². The number of hydrogen-bond donors (Lipinski definition) is 1. The Balaban J connectivity index is 2.13. The molecule has 0 fully saturated rings. The molecule has 0 bridgehead atoms. The molecule has 0 atom stereocenters. The van der Waals surface area contributed by atoms with Gasteiger partial charge in [-0.25, -0.2) is 9.97 Å². The molecule has 4 nitrogen and oxygen atoms in total. The van der Waals surface area contributed by atoms with Gasteiger partial charge in [0.1, 0.15) is 0 Å². The van der Waals surface area contributed by atoms with Crippen molar-refractivity contribution in [2.24, 2.45) is 0 Å². The number of nitrogens with zero attached hydrogens (tertiary/aromatic N) is 2. The molecule has 0 aliphatic carbocycles. The highest BCUT2D eigenvalue weighted by molar-refractivity contribution is 9.10. The quantitative estimate of drug-likeness (QED) is 0.883. The van der Waals surface area contributed by atoms with Crippen LogP contribution < -0.4 is 5.32 Å². The summed E-state index contributed by atoms with van der Waals surface area (Å²) in [5.41, 5.74) is 1.53. The predicted octanol–water partition coefficient (Wildman–Crippen LogP) is 3.19. The normalized spacial score (nSPS) is 10.0. The van der Waals surface area contributed by atoms with Gasteiger partial charge in [0, 0.05) is 23.6 Å². The lowest BCUT2D eigenvalue weighted by Crippen LogP contribution is -1.97. The van der Waals surface area contributed by atoms with Crippen LogP contribution in [0, 0.1) is 0 Å². The van der Waals surface area contributed by atoms with E-state index in [0.29, 0.717) is 11.5 Å². The number of benzene rings is 1. The highest BCUT2D eigenvalue weighted by Crippen LogP contribution is 2.15. The second-order valence-corrected chi connectivity index (χ2v) is 4.40. The van der Waals surface area contributed by atoms with Crippen LogP contribution in [0.4, 0.5) is 11.6 Å². The van der Waals surface area contributed by atoms with Crippen LogP contribution in [0.2, 0.25) is 0 Å². The molecule has 86 valence electrons. The largest absolute Gasteiger partial charge is 0.324 e. The number of anilines is 2. The summed E-state index contributed by atoms with van der Waals surface area (Å²) in [6, 6.07) is 7.18. The Labute approximate surface area is 107 Å². The maximum atomic E-state index is 11.1. The van der Waals surface area contributed by atoms with Crippen LogP contribution >= 0.6 is 15.9 Å². The molecule has 0 saturated heterocycles. The standard InChI is InChI=1S/C12H10BrN3O/c1-8(17)9-2-4-11(5-3-9)16-12-14-6-10(13)7-15-12/h2-7H,1H3,(H,14,15,16). The van der Waals surface area contributed by atoms with E-state index in [-0.39, 0.29) is 5.78 Å². The van der Waals surface area contributed by atoms with Crippen molar-refractivity contribution in [1.29, 1.82) is 0 Å². The number of rotatable bonds is 3. The molecule has 2 aromatic rings. The lowest BCUT2D eigenvalue weighted by atomic mass is 10.1. The molecular formula is C12H10BrN3O. The molecule has 0 aliphatic rings. The highest BCUT2D eigenvalue weighted by Gasteiger charge is 2.00. The van der Waals surface area contributed by atoms with Crippen LogP contribution in [0.5, 0.6) is 0 Å². The molecule has 1 N–H and O–H groups in total. The molecule has 1 aromatic carbocycles. The first-order valence-corrected chi connectivity index (χ1v) is 5.80. The van der Waals surface area contributed by atoms with E-state index in [2.05, 4.69) is 31.2 Å². The number of aromatic nitrogens is 2. The Morgan fingerprint density at radius 1 is 1.18 bits per heavy atom. The minimum atomic E-state index is 0.0523. The summed E-state index contributed by atoms with van der Waals surface area (Å²) in [6.07, 6.45) is 3.33. The van der Waals surface area contributed by atoms with Gasteiger partial charge in [-0.15, -0.1) is 0 Å². The number of hydrogen-bond acceptors (Lipinski definition) is 4. The van der Waals surface area contributed by atoms with E-state index in [0.717, 1.165) is 10.2 Å². The topological polar surface area (TPSA) is 54.9 Å². The number of ketones is 1. The van der Waals surface area contributed by atoms with Crippen LogP contribution in [0.1, 0.15) is 17.3 Å². The third kappa shape index (κ3) is 3.10. The minimum absolute atomic E-state index is 0.0523. The first kappa shape index (κ1) is 11.7. The van der Waals surface area contributed by atoms with Gasteiger partial charge in [0.05, 0.1) is 4.47 Å². The Hall–Kier alpha value is -1.75. The first-order chi connectivity index (χ1) is 8.15. The van der Waals surface area contributed by atoms with Crippen LogP contribution in [-0.2, 0) is 0 Å². The molecular weight excluding hydrogens is 282 g/mol. The summed E-state index contributed by atoms with van der Waals surface area (Å²) in [5, 5.41) is 3.04. The van der Waals surface area contributed by atoms with Crippen molar-refractivity contribution >= 4 is 33.3 Å². The van der Waals surface area contributed by atoms with Gasteiger partial charge < -0.3 is 5.32 Å². The Bertz CT molecular complexity index is 522. The van der Waals surface area contributed by atoms with Crippen molar-refractivity contribution in [1.82, 2.24) is 9.97 Å². The molecule has 5 heteroatoms. The van der Waals surface area contributed by atoms with E-state index in [9.17, 15) is 4.79 Å². The molecule has 0 radical (unpaired) electrons. The number of nitrogens with one attached hydrogen (secondary N) is 1. The molecule has 0 unspecified atom stereocenters. The third-order valence-corrected chi connectivity index (χ3v) is 2.58. The number of halogens is 1. The summed E-state index contributed by atoms with van der Waals surface area (Å²) < 4.78 is 0.829. The molecule has 1 heterocycles. The summed E-state index contributed by atoms with van der Waals surface area (Å²) in [4.78, 5) is 19.3. The monoisotopic (exact) mass is 291 g/mol. The van der Waals surface area contributed by atoms with Crippen molar-refractivity contribution in [3.63, 3.8) is 0 Å². The van der Waals surface area contributed by atoms with Crippen molar-refractivity contribution in [2.75, 3.05) is 5.32 Å². The van der Waals surface area contributed by atoms with Crippen LogP contribution in [0.3, 0.4) is 0 Å². The average molecular weight is 292 g/mol. The SMILES string of the molecule is CC(=O)c1ccc(Nc2ncc(Br)cn2)cc1. The highest BCUT2D eigenvalue weighted by atomic mass is 79.9. The fourth-order valence-electron chi connectivity index (χ4n) is 1.29. The fraction of sp³-hybridized carbons (Fsp3) is 0.0833. The summed E-state index contributed by atoms with van der Waals surface area (Å²) in [5.74, 6) is 0.570. The van der Waals surface area contributed by atoms with Gasteiger partial charge in [0.2, 0.25) is 5.95 Å². The van der Waals surface area contributed by atoms with Crippen molar-refractivity contribution in [3.8, 4) is 0 Å². The molecule has 0 aliphatic heterocycles. The van der Waals surface area contributed by atoms with Crippen molar-refractivity contribution in [2.45, 2.75) is 6.92 Å². The third-order valence-electron chi connectivity index (χ3n) is 2.17. The fourth-order valence-corrected chi connectivity index (χ4v) is 1.50. The summed E-state index contributed by atoms with van der Waals surface area (Å²) >= 11 is 3.27. The average Bonchev–Trinajstić information content (AvgIpc) is 2.33. The maximum absolute atomic E-state index is 11.1. The summed E-state index contributed by atoms with van der Waals surface area (Å²) in [7, 11) is 0. The van der Waals surface area contributed by atoms with Crippen LogP contribution in [0.15, 0.2) is 41.1 Å². The molecule has 2 rings (SSSR count). The van der Waals surface area contributed by atoms with E-state index in [4.69, 9.17) is 0 Å². The van der Waals surface area contributed by atoms with E-state index >= 15 is 0 Å². The van der Waals surface area contributed by atoms with Gasteiger partial charge in [-0.1, -0.05) is 0 Å². The van der Waals surface area contributed by atoms with E-state index in [1.165, 1.54) is 0 Å².